The Bertz CT molecular complexity index is 401. The van der Waals surface area contributed by atoms with Crippen molar-refractivity contribution in [2.24, 2.45) is 5.73 Å². The number of benzene rings is 1. The van der Waals surface area contributed by atoms with Gasteiger partial charge in [-0.15, -0.1) is 0 Å². The molecule has 3 nitrogen and oxygen atoms in total. The summed E-state index contributed by atoms with van der Waals surface area (Å²) in [6.45, 7) is 3.17. The average molecular weight is 218 g/mol. The van der Waals surface area contributed by atoms with Gasteiger partial charge in [0.2, 0.25) is 5.91 Å². The van der Waals surface area contributed by atoms with Gasteiger partial charge in [0.25, 0.3) is 0 Å². The van der Waals surface area contributed by atoms with Crippen molar-refractivity contribution < 1.29 is 4.79 Å². The Morgan fingerprint density at radius 3 is 3.00 bits per heavy atom. The largest absolute Gasteiger partial charge is 0.330 e. The molecule has 0 saturated heterocycles. The fourth-order valence-corrected chi connectivity index (χ4v) is 2.21. The van der Waals surface area contributed by atoms with Crippen molar-refractivity contribution in [1.82, 2.24) is 0 Å². The number of hydrogen-bond donors (Lipinski definition) is 1. The molecule has 0 aromatic heterocycles. The summed E-state index contributed by atoms with van der Waals surface area (Å²) in [6, 6.07) is 6.43. The van der Waals surface area contributed by atoms with Gasteiger partial charge in [-0.2, -0.15) is 0 Å². The van der Waals surface area contributed by atoms with Crippen molar-refractivity contribution in [3.8, 4) is 0 Å². The van der Waals surface area contributed by atoms with Crippen LogP contribution in [-0.4, -0.2) is 19.0 Å². The van der Waals surface area contributed by atoms with Crippen LogP contribution in [0.15, 0.2) is 18.2 Å². The molecular formula is C13H18N2O. The number of hydrogen-bond acceptors (Lipinski definition) is 2. The highest BCUT2D eigenvalue weighted by molar-refractivity contribution is 5.93. The van der Waals surface area contributed by atoms with Crippen LogP contribution in [0.1, 0.15) is 24.5 Å². The summed E-state index contributed by atoms with van der Waals surface area (Å²) in [5.74, 6) is 0.134. The van der Waals surface area contributed by atoms with Gasteiger partial charge in [0.15, 0.2) is 0 Å². The maximum absolute atomic E-state index is 11.4. The van der Waals surface area contributed by atoms with Crippen LogP contribution in [-0.2, 0) is 17.6 Å². The first kappa shape index (κ1) is 11.1. The summed E-state index contributed by atoms with van der Waals surface area (Å²) in [4.78, 5) is 13.3. The molecule has 1 amide bonds. The van der Waals surface area contributed by atoms with Gasteiger partial charge in [0.05, 0.1) is 0 Å². The Morgan fingerprint density at radius 2 is 2.31 bits per heavy atom. The first-order valence-electron chi connectivity index (χ1n) is 5.82. The number of carbonyl (C=O) groups excluding carboxylic acids is 1. The molecule has 0 bridgehead atoms. The third kappa shape index (κ3) is 2.09. The highest BCUT2D eigenvalue weighted by Crippen LogP contribution is 2.29. The highest BCUT2D eigenvalue weighted by Gasteiger charge is 2.21. The van der Waals surface area contributed by atoms with Crippen LogP contribution in [0.5, 0.6) is 0 Å². The standard InChI is InChI=1S/C13H18N2O/c1-10(16)15-8-6-12-5-4-11(3-2-7-14)9-13(12)15/h4-5,9H,2-3,6-8,14H2,1H3. The van der Waals surface area contributed by atoms with E-state index in [1.54, 1.807) is 6.92 Å². The number of rotatable bonds is 3. The molecule has 3 heteroatoms. The number of carbonyl (C=O) groups is 1. The third-order valence-electron chi connectivity index (χ3n) is 3.09. The molecule has 1 aliphatic heterocycles. The van der Waals surface area contributed by atoms with Gasteiger partial charge in [-0.25, -0.2) is 0 Å². The van der Waals surface area contributed by atoms with E-state index < -0.39 is 0 Å². The van der Waals surface area contributed by atoms with Crippen LogP contribution in [0.3, 0.4) is 0 Å². The zero-order valence-corrected chi connectivity index (χ0v) is 9.70. The molecule has 0 radical (unpaired) electrons. The van der Waals surface area contributed by atoms with E-state index in [4.69, 9.17) is 5.73 Å². The molecule has 2 N–H and O–H groups in total. The maximum atomic E-state index is 11.4. The topological polar surface area (TPSA) is 46.3 Å². The lowest BCUT2D eigenvalue weighted by atomic mass is 10.1. The van der Waals surface area contributed by atoms with E-state index in [1.807, 2.05) is 4.90 Å². The molecule has 1 aromatic rings. The Hall–Kier alpha value is -1.35. The van der Waals surface area contributed by atoms with Gasteiger partial charge in [-0.05, 0) is 43.0 Å². The van der Waals surface area contributed by atoms with E-state index in [9.17, 15) is 4.79 Å². The van der Waals surface area contributed by atoms with Crippen molar-refractivity contribution >= 4 is 11.6 Å². The average Bonchev–Trinajstić information content (AvgIpc) is 2.69. The fraction of sp³-hybridized carbons (Fsp3) is 0.462. The Kier molecular flexibility index (Phi) is 3.25. The lowest BCUT2D eigenvalue weighted by molar-refractivity contribution is -0.116. The van der Waals surface area contributed by atoms with E-state index in [-0.39, 0.29) is 5.91 Å². The minimum atomic E-state index is 0.134. The highest BCUT2D eigenvalue weighted by atomic mass is 16.2. The fourth-order valence-electron chi connectivity index (χ4n) is 2.21. The molecular weight excluding hydrogens is 200 g/mol. The molecule has 86 valence electrons. The molecule has 0 unspecified atom stereocenters. The Labute approximate surface area is 96.2 Å². The van der Waals surface area contributed by atoms with E-state index in [0.29, 0.717) is 6.54 Å². The number of anilines is 1. The Balaban J connectivity index is 2.23. The summed E-state index contributed by atoms with van der Waals surface area (Å²) in [7, 11) is 0. The first-order chi connectivity index (χ1) is 7.72. The summed E-state index contributed by atoms with van der Waals surface area (Å²) < 4.78 is 0. The quantitative estimate of drug-likeness (QED) is 0.835. The van der Waals surface area contributed by atoms with Crippen molar-refractivity contribution in [2.75, 3.05) is 18.0 Å². The van der Waals surface area contributed by atoms with Crippen molar-refractivity contribution in [3.05, 3.63) is 29.3 Å². The predicted octanol–water partition coefficient (Wildman–Crippen LogP) is 1.49. The number of amides is 1. The van der Waals surface area contributed by atoms with Crippen LogP contribution in [0.4, 0.5) is 5.69 Å². The molecule has 1 aliphatic rings. The monoisotopic (exact) mass is 218 g/mol. The SMILES string of the molecule is CC(=O)N1CCc2ccc(CCCN)cc21. The molecule has 0 fully saturated rings. The van der Waals surface area contributed by atoms with Gasteiger partial charge in [0.1, 0.15) is 0 Å². The molecule has 1 heterocycles. The van der Waals surface area contributed by atoms with Crippen LogP contribution < -0.4 is 10.6 Å². The normalized spacial score (nSPS) is 14.0. The molecule has 1 aromatic carbocycles. The second-order valence-electron chi connectivity index (χ2n) is 4.28. The lowest BCUT2D eigenvalue weighted by Gasteiger charge is -2.15. The minimum absolute atomic E-state index is 0.134. The predicted molar refractivity (Wildman–Crippen MR) is 65.5 cm³/mol. The van der Waals surface area contributed by atoms with Crippen molar-refractivity contribution in [1.29, 1.82) is 0 Å². The van der Waals surface area contributed by atoms with Crippen LogP contribution in [0.25, 0.3) is 0 Å². The maximum Gasteiger partial charge on any atom is 0.223 e. The van der Waals surface area contributed by atoms with Gasteiger partial charge < -0.3 is 10.6 Å². The lowest BCUT2D eigenvalue weighted by Crippen LogP contribution is -2.25. The van der Waals surface area contributed by atoms with Crippen LogP contribution in [0.2, 0.25) is 0 Å². The number of nitrogens with zero attached hydrogens (tertiary/aromatic N) is 1. The zero-order chi connectivity index (χ0) is 11.5. The smallest absolute Gasteiger partial charge is 0.223 e. The molecule has 0 atom stereocenters. The second-order valence-corrected chi connectivity index (χ2v) is 4.28. The van der Waals surface area contributed by atoms with E-state index in [2.05, 4.69) is 18.2 Å². The summed E-state index contributed by atoms with van der Waals surface area (Å²) >= 11 is 0. The number of nitrogens with two attached hydrogens (primary N) is 1. The zero-order valence-electron chi connectivity index (χ0n) is 9.70. The van der Waals surface area contributed by atoms with Crippen LogP contribution in [0, 0.1) is 0 Å². The van der Waals surface area contributed by atoms with Gasteiger partial charge in [-0.1, -0.05) is 12.1 Å². The van der Waals surface area contributed by atoms with E-state index in [1.165, 1.54) is 11.1 Å². The Morgan fingerprint density at radius 1 is 1.50 bits per heavy atom. The summed E-state index contributed by atoms with van der Waals surface area (Å²) in [5, 5.41) is 0. The summed E-state index contributed by atoms with van der Waals surface area (Å²) in [6.07, 6.45) is 2.97. The van der Waals surface area contributed by atoms with Crippen molar-refractivity contribution in [2.45, 2.75) is 26.2 Å². The minimum Gasteiger partial charge on any atom is -0.330 e. The molecule has 0 saturated carbocycles. The van der Waals surface area contributed by atoms with Crippen LogP contribution >= 0.6 is 0 Å². The van der Waals surface area contributed by atoms with Gasteiger partial charge >= 0.3 is 0 Å². The number of aryl methyl sites for hydroxylation is 1. The molecule has 16 heavy (non-hydrogen) atoms. The van der Waals surface area contributed by atoms with E-state index >= 15 is 0 Å². The second kappa shape index (κ2) is 4.66. The first-order valence-corrected chi connectivity index (χ1v) is 5.82. The van der Waals surface area contributed by atoms with Gasteiger partial charge in [0, 0.05) is 19.2 Å². The molecule has 2 rings (SSSR count). The molecule has 0 spiro atoms. The molecule has 0 aliphatic carbocycles. The number of fused-ring (bicyclic) bond motifs is 1. The van der Waals surface area contributed by atoms with Crippen molar-refractivity contribution in [3.63, 3.8) is 0 Å². The van der Waals surface area contributed by atoms with Gasteiger partial charge in [-0.3, -0.25) is 4.79 Å². The third-order valence-corrected chi connectivity index (χ3v) is 3.09. The summed E-state index contributed by atoms with van der Waals surface area (Å²) in [5.41, 5.74) is 9.16. The van der Waals surface area contributed by atoms with E-state index in [0.717, 1.165) is 31.5 Å².